The lowest BCUT2D eigenvalue weighted by Crippen LogP contribution is -2.01. The average Bonchev–Trinajstić information content (AvgIpc) is 3.81. The largest absolute Gasteiger partial charge is 0.455 e. The van der Waals surface area contributed by atoms with Crippen LogP contribution in [0.25, 0.3) is 116 Å². The van der Waals surface area contributed by atoms with Crippen LogP contribution in [0.2, 0.25) is 0 Å². The highest BCUT2D eigenvalue weighted by atomic mass is 16.3. The molecular formula is C51H30N4O. The summed E-state index contributed by atoms with van der Waals surface area (Å²) in [6.45, 7) is 0. The van der Waals surface area contributed by atoms with Crippen LogP contribution in [0.15, 0.2) is 186 Å². The number of furan rings is 1. The molecule has 0 saturated heterocycles. The predicted octanol–water partition coefficient (Wildman–Crippen LogP) is 13.3. The first-order valence-electron chi connectivity index (χ1n) is 18.9. The van der Waals surface area contributed by atoms with Crippen LogP contribution in [0.4, 0.5) is 0 Å². The second-order valence-electron chi connectivity index (χ2n) is 14.4. The Morgan fingerprint density at radius 2 is 1.00 bits per heavy atom. The van der Waals surface area contributed by atoms with Crippen molar-refractivity contribution >= 4 is 76.1 Å². The van der Waals surface area contributed by atoms with Crippen molar-refractivity contribution < 1.29 is 4.42 Å². The van der Waals surface area contributed by atoms with Gasteiger partial charge in [-0.15, -0.1) is 0 Å². The fourth-order valence-electron chi connectivity index (χ4n) is 8.58. The van der Waals surface area contributed by atoms with Gasteiger partial charge in [0.05, 0.1) is 27.7 Å². The number of hydrogen-bond donors (Lipinski definition) is 0. The topological polar surface area (TPSA) is 56.7 Å². The van der Waals surface area contributed by atoms with Gasteiger partial charge in [-0.05, 0) is 74.8 Å². The summed E-state index contributed by atoms with van der Waals surface area (Å²) in [5.74, 6) is 1.76. The third-order valence-electron chi connectivity index (χ3n) is 11.2. The van der Waals surface area contributed by atoms with Gasteiger partial charge in [0, 0.05) is 27.3 Å². The Kier molecular flexibility index (Phi) is 6.56. The molecule has 0 fully saturated rings. The van der Waals surface area contributed by atoms with Crippen molar-refractivity contribution in [2.45, 2.75) is 0 Å². The highest BCUT2D eigenvalue weighted by molar-refractivity contribution is 6.18. The van der Waals surface area contributed by atoms with Crippen molar-refractivity contribution in [2.75, 3.05) is 0 Å². The zero-order valence-electron chi connectivity index (χ0n) is 30.0. The maximum absolute atomic E-state index is 6.88. The Bertz CT molecular complexity index is 3550. The van der Waals surface area contributed by atoms with Crippen LogP contribution >= 0.6 is 0 Å². The zero-order valence-corrected chi connectivity index (χ0v) is 30.0. The van der Waals surface area contributed by atoms with E-state index < -0.39 is 0 Å². The van der Waals surface area contributed by atoms with Crippen molar-refractivity contribution in [2.24, 2.45) is 0 Å². The van der Waals surface area contributed by atoms with E-state index in [1.165, 1.54) is 21.5 Å². The van der Waals surface area contributed by atoms with Crippen molar-refractivity contribution in [1.29, 1.82) is 0 Å². The summed E-state index contributed by atoms with van der Waals surface area (Å²) >= 11 is 0. The van der Waals surface area contributed by atoms with Crippen LogP contribution in [-0.4, -0.2) is 19.5 Å². The van der Waals surface area contributed by atoms with Gasteiger partial charge in [0.25, 0.3) is 0 Å². The van der Waals surface area contributed by atoms with E-state index in [9.17, 15) is 0 Å². The molecule has 0 N–H and O–H groups in total. The highest BCUT2D eigenvalue weighted by Crippen LogP contribution is 2.43. The summed E-state index contributed by atoms with van der Waals surface area (Å²) in [7, 11) is 0. The van der Waals surface area contributed by atoms with E-state index in [0.29, 0.717) is 17.5 Å². The maximum Gasteiger partial charge on any atom is 0.167 e. The molecule has 0 spiro atoms. The Balaban J connectivity index is 1.16. The molecule has 0 radical (unpaired) electrons. The number of benzene rings is 9. The predicted molar refractivity (Wildman–Crippen MR) is 230 cm³/mol. The number of nitrogens with zero attached hydrogens (tertiary/aromatic N) is 4. The summed E-state index contributed by atoms with van der Waals surface area (Å²) in [6.07, 6.45) is 0. The van der Waals surface area contributed by atoms with Crippen LogP contribution in [0.1, 0.15) is 0 Å². The Morgan fingerprint density at radius 3 is 1.84 bits per heavy atom. The smallest absolute Gasteiger partial charge is 0.167 e. The molecular weight excluding hydrogens is 685 g/mol. The van der Waals surface area contributed by atoms with E-state index in [4.69, 9.17) is 19.4 Å². The minimum atomic E-state index is 0.551. The molecule has 0 unspecified atom stereocenters. The van der Waals surface area contributed by atoms with Gasteiger partial charge in [-0.25, -0.2) is 15.0 Å². The van der Waals surface area contributed by atoms with Gasteiger partial charge in [-0.3, -0.25) is 0 Å². The van der Waals surface area contributed by atoms with Crippen molar-refractivity contribution in [3.05, 3.63) is 182 Å². The number of aromatic nitrogens is 4. The third kappa shape index (κ3) is 4.64. The number of fused-ring (bicyclic) bond motifs is 9. The maximum atomic E-state index is 6.88. The van der Waals surface area contributed by atoms with Gasteiger partial charge >= 0.3 is 0 Å². The number of rotatable bonds is 4. The first kappa shape index (κ1) is 30.8. The molecule has 0 aliphatic rings. The molecule has 0 aliphatic heterocycles. The van der Waals surface area contributed by atoms with E-state index in [2.05, 4.69) is 174 Å². The Labute approximate surface area is 320 Å². The molecule has 12 aromatic rings. The van der Waals surface area contributed by atoms with Gasteiger partial charge in [-0.1, -0.05) is 140 Å². The molecule has 3 aromatic heterocycles. The van der Waals surface area contributed by atoms with E-state index in [-0.39, 0.29) is 0 Å². The zero-order chi connectivity index (χ0) is 36.7. The van der Waals surface area contributed by atoms with Crippen LogP contribution in [0.3, 0.4) is 0 Å². The fraction of sp³-hybridized carbons (Fsp3) is 0. The first-order chi connectivity index (χ1) is 27.7. The highest BCUT2D eigenvalue weighted by Gasteiger charge is 2.23. The monoisotopic (exact) mass is 714 g/mol. The van der Waals surface area contributed by atoms with Crippen molar-refractivity contribution in [1.82, 2.24) is 19.5 Å². The lowest BCUT2D eigenvalue weighted by atomic mass is 10.0. The van der Waals surface area contributed by atoms with Gasteiger partial charge in [0.1, 0.15) is 11.2 Å². The van der Waals surface area contributed by atoms with Crippen molar-refractivity contribution in [3.8, 4) is 39.9 Å². The summed E-state index contributed by atoms with van der Waals surface area (Å²) < 4.78 is 9.27. The number of hydrogen-bond acceptors (Lipinski definition) is 4. The molecule has 0 bridgehead atoms. The standard InChI is InChI=1S/C51H30N4O/c1-2-14-33-28-36(25-24-31(33)12-1)49-52-50(39-21-11-17-32-13-5-6-18-37(32)39)54-51(53-49)41-26-27-44(47-40-20-8-10-23-46(40)56-48(41)47)55-43-22-9-7-19-38(43)42-29-34-15-3-4-16-35(34)30-45(42)55/h1-30H. The van der Waals surface area contributed by atoms with Crippen LogP contribution < -0.4 is 0 Å². The lowest BCUT2D eigenvalue weighted by molar-refractivity contribution is 0.669. The quantitative estimate of drug-likeness (QED) is 0.182. The van der Waals surface area contributed by atoms with Gasteiger partial charge in [0.2, 0.25) is 0 Å². The molecule has 9 aromatic carbocycles. The molecule has 0 atom stereocenters. The van der Waals surface area contributed by atoms with Crippen molar-refractivity contribution in [3.63, 3.8) is 0 Å². The molecule has 0 saturated carbocycles. The van der Waals surface area contributed by atoms with Gasteiger partial charge in [-0.2, -0.15) is 0 Å². The molecule has 0 aliphatic carbocycles. The normalized spacial score (nSPS) is 11.9. The third-order valence-corrected chi connectivity index (χ3v) is 11.2. The molecule has 0 amide bonds. The molecule has 260 valence electrons. The second kappa shape index (κ2) is 11.9. The Morgan fingerprint density at radius 1 is 0.375 bits per heavy atom. The lowest BCUT2D eigenvalue weighted by Gasteiger charge is -2.13. The molecule has 3 heterocycles. The minimum Gasteiger partial charge on any atom is -0.455 e. The average molecular weight is 715 g/mol. The minimum absolute atomic E-state index is 0.551. The summed E-state index contributed by atoms with van der Waals surface area (Å²) in [5.41, 5.74) is 7.52. The van der Waals surface area contributed by atoms with Crippen LogP contribution in [0.5, 0.6) is 0 Å². The molecule has 56 heavy (non-hydrogen) atoms. The second-order valence-corrected chi connectivity index (χ2v) is 14.4. The fourth-order valence-corrected chi connectivity index (χ4v) is 8.58. The van der Waals surface area contributed by atoms with E-state index >= 15 is 0 Å². The van der Waals surface area contributed by atoms with Crippen LogP contribution in [-0.2, 0) is 0 Å². The van der Waals surface area contributed by atoms with Crippen LogP contribution in [0, 0.1) is 0 Å². The SMILES string of the molecule is c1ccc2cc(-c3nc(-c4cccc5ccccc45)nc(-c4ccc(-n5c6ccccc6c6cc7ccccc7cc65)c5c4oc4ccccc45)n3)ccc2c1. The van der Waals surface area contributed by atoms with E-state index in [1.807, 2.05) is 12.1 Å². The van der Waals surface area contributed by atoms with Gasteiger partial charge in [0.15, 0.2) is 17.5 Å². The summed E-state index contributed by atoms with van der Waals surface area (Å²) in [4.78, 5) is 15.7. The summed E-state index contributed by atoms with van der Waals surface area (Å²) in [5, 5.41) is 11.4. The molecule has 12 rings (SSSR count). The van der Waals surface area contributed by atoms with E-state index in [1.54, 1.807) is 0 Å². The Hall–Kier alpha value is -7.63. The summed E-state index contributed by atoms with van der Waals surface area (Å²) in [6, 6.07) is 63.9. The van der Waals surface area contributed by atoms with Gasteiger partial charge < -0.3 is 8.98 Å². The molecule has 5 heteroatoms. The van der Waals surface area contributed by atoms with E-state index in [0.717, 1.165) is 76.9 Å². The molecule has 5 nitrogen and oxygen atoms in total. The number of para-hydroxylation sites is 2. The first-order valence-corrected chi connectivity index (χ1v) is 18.9.